The van der Waals surface area contributed by atoms with Gasteiger partial charge in [0.15, 0.2) is 16.7 Å². The third-order valence-electron chi connectivity index (χ3n) is 4.00. The molecule has 0 fully saturated rings. The second-order valence-electron chi connectivity index (χ2n) is 6.06. The van der Waals surface area contributed by atoms with Gasteiger partial charge in [-0.2, -0.15) is 5.26 Å². The van der Waals surface area contributed by atoms with E-state index in [1.807, 2.05) is 20.9 Å². The molecule has 0 aliphatic rings. The van der Waals surface area contributed by atoms with Gasteiger partial charge in [0.2, 0.25) is 5.91 Å². The van der Waals surface area contributed by atoms with Crippen LogP contribution in [0.25, 0.3) is 11.6 Å². The molecule has 24 heavy (non-hydrogen) atoms. The molecule has 8 heteroatoms. The first-order chi connectivity index (χ1) is 11.3. The van der Waals surface area contributed by atoms with Crippen molar-refractivity contribution < 1.29 is 9.21 Å². The molecule has 0 aromatic carbocycles. The Hall–Kier alpha value is -2.27. The molecule has 0 saturated heterocycles. The monoisotopic (exact) mass is 347 g/mol. The van der Waals surface area contributed by atoms with E-state index in [0.717, 1.165) is 0 Å². The highest BCUT2D eigenvalue weighted by molar-refractivity contribution is 8.00. The topological polar surface area (TPSA) is 96.7 Å². The number of nitriles is 1. The number of aromatic nitrogens is 3. The Kier molecular flexibility index (Phi) is 5.34. The number of carbonyl (C=O) groups excluding carboxylic acids is 1. The predicted molar refractivity (Wildman–Crippen MR) is 91.0 cm³/mol. The van der Waals surface area contributed by atoms with E-state index >= 15 is 0 Å². The minimum atomic E-state index is -0.898. The van der Waals surface area contributed by atoms with Gasteiger partial charge >= 0.3 is 0 Å². The zero-order chi connectivity index (χ0) is 17.9. The van der Waals surface area contributed by atoms with Crippen LogP contribution in [-0.4, -0.2) is 31.5 Å². The molecule has 1 amide bonds. The van der Waals surface area contributed by atoms with Crippen molar-refractivity contribution in [2.24, 2.45) is 13.0 Å². The van der Waals surface area contributed by atoms with Crippen LogP contribution in [0.2, 0.25) is 0 Å². The molecular weight excluding hydrogens is 326 g/mol. The van der Waals surface area contributed by atoms with Gasteiger partial charge in [-0.3, -0.25) is 4.79 Å². The average Bonchev–Trinajstić information content (AvgIpc) is 3.17. The molecule has 7 nitrogen and oxygen atoms in total. The number of thioether (sulfide) groups is 1. The van der Waals surface area contributed by atoms with Crippen LogP contribution in [-0.2, 0) is 11.8 Å². The first kappa shape index (κ1) is 18.1. The average molecular weight is 347 g/mol. The Balaban J connectivity index is 2.09. The van der Waals surface area contributed by atoms with Gasteiger partial charge in [-0.05, 0) is 31.9 Å². The molecule has 0 radical (unpaired) electrons. The number of nitrogens with zero attached hydrogens (tertiary/aromatic N) is 4. The number of furan rings is 1. The largest absolute Gasteiger partial charge is 0.461 e. The van der Waals surface area contributed by atoms with Gasteiger partial charge in [0, 0.05) is 7.05 Å². The number of carbonyl (C=O) groups is 1. The van der Waals surface area contributed by atoms with Crippen molar-refractivity contribution in [2.45, 2.75) is 43.6 Å². The van der Waals surface area contributed by atoms with Gasteiger partial charge in [0.25, 0.3) is 0 Å². The van der Waals surface area contributed by atoms with Crippen LogP contribution in [0, 0.1) is 17.2 Å². The Labute approximate surface area is 145 Å². The molecule has 0 unspecified atom stereocenters. The smallest absolute Gasteiger partial charge is 0.234 e. The quantitative estimate of drug-likeness (QED) is 0.807. The Bertz CT molecular complexity index is 747. The summed E-state index contributed by atoms with van der Waals surface area (Å²) in [4.78, 5) is 12.4. The first-order valence-electron chi connectivity index (χ1n) is 7.61. The molecule has 2 rings (SSSR count). The number of rotatable bonds is 6. The fourth-order valence-electron chi connectivity index (χ4n) is 1.91. The minimum Gasteiger partial charge on any atom is -0.461 e. The molecule has 0 saturated carbocycles. The van der Waals surface area contributed by atoms with E-state index in [1.54, 1.807) is 36.8 Å². The molecule has 2 heterocycles. The molecule has 0 spiro atoms. The van der Waals surface area contributed by atoms with E-state index in [0.29, 0.717) is 16.7 Å². The van der Waals surface area contributed by atoms with Crippen LogP contribution in [0.5, 0.6) is 0 Å². The van der Waals surface area contributed by atoms with Gasteiger partial charge in [0.1, 0.15) is 5.54 Å². The number of hydrogen-bond acceptors (Lipinski definition) is 6. The zero-order valence-electron chi connectivity index (χ0n) is 14.4. The van der Waals surface area contributed by atoms with Crippen LogP contribution in [0.4, 0.5) is 0 Å². The molecule has 1 N–H and O–H groups in total. The van der Waals surface area contributed by atoms with E-state index in [1.165, 1.54) is 11.8 Å². The third-order valence-corrected chi connectivity index (χ3v) is 5.13. The maximum atomic E-state index is 12.4. The van der Waals surface area contributed by atoms with Crippen molar-refractivity contribution in [3.05, 3.63) is 18.4 Å². The van der Waals surface area contributed by atoms with Crippen LogP contribution in [0.15, 0.2) is 28.0 Å². The van der Waals surface area contributed by atoms with Crippen molar-refractivity contribution in [1.82, 2.24) is 20.1 Å². The van der Waals surface area contributed by atoms with Gasteiger partial charge in [0.05, 0.1) is 17.6 Å². The summed E-state index contributed by atoms with van der Waals surface area (Å²) < 4.78 is 7.10. The molecule has 2 aromatic heterocycles. The van der Waals surface area contributed by atoms with E-state index in [2.05, 4.69) is 21.6 Å². The van der Waals surface area contributed by atoms with Crippen LogP contribution in [0.3, 0.4) is 0 Å². The summed E-state index contributed by atoms with van der Waals surface area (Å²) in [7, 11) is 1.82. The van der Waals surface area contributed by atoms with E-state index in [4.69, 9.17) is 4.42 Å². The van der Waals surface area contributed by atoms with Crippen LogP contribution in [0.1, 0.15) is 27.7 Å². The Morgan fingerprint density at radius 1 is 1.46 bits per heavy atom. The lowest BCUT2D eigenvalue weighted by molar-refractivity contribution is -0.121. The summed E-state index contributed by atoms with van der Waals surface area (Å²) in [5, 5.41) is 20.6. The molecule has 0 bridgehead atoms. The van der Waals surface area contributed by atoms with Gasteiger partial charge in [-0.1, -0.05) is 25.6 Å². The lowest BCUT2D eigenvalue weighted by Gasteiger charge is -2.28. The standard InChI is InChI=1S/C16H21N5O2S/c1-10(2)16(4,9-17)18-14(22)11(3)24-15-20-19-13(21(15)5)12-7-6-8-23-12/h6-8,10-11H,1-5H3,(H,18,22)/t11-,16+/m1/s1. The minimum absolute atomic E-state index is 0.00373. The van der Waals surface area contributed by atoms with E-state index in [9.17, 15) is 10.1 Å². The summed E-state index contributed by atoms with van der Waals surface area (Å²) in [6.45, 7) is 7.31. The first-order valence-corrected chi connectivity index (χ1v) is 8.49. The third kappa shape index (κ3) is 3.62. The second-order valence-corrected chi connectivity index (χ2v) is 7.37. The van der Waals surface area contributed by atoms with Crippen molar-refractivity contribution in [3.8, 4) is 17.7 Å². The highest BCUT2D eigenvalue weighted by Crippen LogP contribution is 2.26. The molecule has 0 aliphatic heterocycles. The van der Waals surface area contributed by atoms with Crippen LogP contribution >= 0.6 is 11.8 Å². The van der Waals surface area contributed by atoms with Gasteiger partial charge in [-0.25, -0.2) is 0 Å². The van der Waals surface area contributed by atoms with Crippen molar-refractivity contribution in [1.29, 1.82) is 5.26 Å². The molecule has 128 valence electrons. The Morgan fingerprint density at radius 2 is 2.17 bits per heavy atom. The maximum Gasteiger partial charge on any atom is 0.234 e. The second kappa shape index (κ2) is 7.09. The molecule has 0 aliphatic carbocycles. The molecule has 2 aromatic rings. The SMILES string of the molecule is CC(C)[C@](C)(C#N)NC(=O)[C@@H](C)Sc1nnc(-c2ccco2)n1C. The highest BCUT2D eigenvalue weighted by Gasteiger charge is 2.32. The normalized spacial score (nSPS) is 14.9. The number of hydrogen-bond donors (Lipinski definition) is 1. The molecular formula is C16H21N5O2S. The summed E-state index contributed by atoms with van der Waals surface area (Å²) in [6.07, 6.45) is 1.57. The summed E-state index contributed by atoms with van der Waals surface area (Å²) >= 11 is 1.29. The van der Waals surface area contributed by atoms with Crippen molar-refractivity contribution in [3.63, 3.8) is 0 Å². The van der Waals surface area contributed by atoms with E-state index in [-0.39, 0.29) is 11.8 Å². The van der Waals surface area contributed by atoms with Crippen molar-refractivity contribution in [2.75, 3.05) is 0 Å². The van der Waals surface area contributed by atoms with Crippen molar-refractivity contribution >= 4 is 17.7 Å². The lowest BCUT2D eigenvalue weighted by atomic mass is 9.90. The number of nitrogens with one attached hydrogen (secondary N) is 1. The fraction of sp³-hybridized carbons (Fsp3) is 0.500. The lowest BCUT2D eigenvalue weighted by Crippen LogP contribution is -2.51. The zero-order valence-corrected chi connectivity index (χ0v) is 15.2. The summed E-state index contributed by atoms with van der Waals surface area (Å²) in [6, 6.07) is 5.76. The summed E-state index contributed by atoms with van der Waals surface area (Å²) in [5.41, 5.74) is -0.898. The Morgan fingerprint density at radius 3 is 2.71 bits per heavy atom. The van der Waals surface area contributed by atoms with Gasteiger partial charge < -0.3 is 14.3 Å². The predicted octanol–water partition coefficient (Wildman–Crippen LogP) is 2.61. The van der Waals surface area contributed by atoms with Crippen LogP contribution < -0.4 is 5.32 Å². The van der Waals surface area contributed by atoms with E-state index < -0.39 is 10.8 Å². The van der Waals surface area contributed by atoms with Gasteiger partial charge in [-0.15, -0.1) is 10.2 Å². The molecule has 2 atom stereocenters. The maximum absolute atomic E-state index is 12.4. The highest BCUT2D eigenvalue weighted by atomic mass is 32.2. The number of amides is 1. The summed E-state index contributed by atoms with van der Waals surface area (Å²) in [5.74, 6) is 1.01. The fourth-order valence-corrected chi connectivity index (χ4v) is 2.72.